The maximum absolute atomic E-state index is 13.3. The highest BCUT2D eigenvalue weighted by atomic mass is 32.1. The number of fused-ring (bicyclic) bond motifs is 1. The molecule has 0 aliphatic heterocycles. The molecular formula is C21H19FN4OS. The number of halogens is 1. The fourth-order valence-electron chi connectivity index (χ4n) is 3.09. The molecule has 0 unspecified atom stereocenters. The highest BCUT2D eigenvalue weighted by Gasteiger charge is 2.20. The van der Waals surface area contributed by atoms with Gasteiger partial charge in [0, 0.05) is 22.5 Å². The fourth-order valence-corrected chi connectivity index (χ4v) is 3.89. The summed E-state index contributed by atoms with van der Waals surface area (Å²) in [7, 11) is 0. The zero-order valence-electron chi connectivity index (χ0n) is 15.5. The largest absolute Gasteiger partial charge is 0.340 e. The second-order valence-corrected chi connectivity index (χ2v) is 7.77. The molecule has 4 aromatic rings. The van der Waals surface area contributed by atoms with E-state index in [2.05, 4.69) is 15.4 Å². The number of nitrogens with one attached hydrogen (secondary N) is 1. The number of amides is 1. The minimum Gasteiger partial charge on any atom is -0.340 e. The first-order valence-electron chi connectivity index (χ1n) is 8.96. The van der Waals surface area contributed by atoms with Crippen LogP contribution in [0.25, 0.3) is 11.0 Å². The predicted molar refractivity (Wildman–Crippen MR) is 108 cm³/mol. The van der Waals surface area contributed by atoms with Crippen LogP contribution in [0.5, 0.6) is 0 Å². The van der Waals surface area contributed by atoms with Crippen LogP contribution in [0.1, 0.15) is 46.7 Å². The molecular weight excluding hydrogens is 375 g/mol. The Bertz CT molecular complexity index is 1100. The van der Waals surface area contributed by atoms with Crippen LogP contribution in [0.4, 0.5) is 4.39 Å². The Labute approximate surface area is 165 Å². The summed E-state index contributed by atoms with van der Waals surface area (Å²) in [5, 5.41) is 10.2. The summed E-state index contributed by atoms with van der Waals surface area (Å²) in [6.45, 7) is 4.06. The number of pyridine rings is 1. The van der Waals surface area contributed by atoms with Crippen molar-refractivity contribution in [2.45, 2.75) is 25.9 Å². The molecule has 4 rings (SSSR count). The minimum absolute atomic E-state index is 0.186. The summed E-state index contributed by atoms with van der Waals surface area (Å²) in [5.41, 5.74) is 2.03. The Balaban J connectivity index is 1.64. The van der Waals surface area contributed by atoms with E-state index in [0.29, 0.717) is 5.56 Å². The average Bonchev–Trinajstić information content (AvgIpc) is 3.36. The van der Waals surface area contributed by atoms with Gasteiger partial charge in [0.1, 0.15) is 5.82 Å². The first-order chi connectivity index (χ1) is 13.5. The molecule has 1 N–H and O–H groups in total. The van der Waals surface area contributed by atoms with E-state index in [1.807, 2.05) is 36.0 Å². The van der Waals surface area contributed by atoms with Gasteiger partial charge in [0.2, 0.25) is 0 Å². The van der Waals surface area contributed by atoms with Crippen molar-refractivity contribution in [3.05, 3.63) is 82.1 Å². The molecule has 0 fully saturated rings. The van der Waals surface area contributed by atoms with Crippen molar-refractivity contribution in [1.29, 1.82) is 0 Å². The number of rotatable bonds is 5. The number of thiophene rings is 1. The van der Waals surface area contributed by atoms with Crippen molar-refractivity contribution in [1.82, 2.24) is 20.1 Å². The molecule has 1 amide bonds. The normalized spacial score (nSPS) is 12.4. The number of carbonyl (C=O) groups excluding carboxylic acids is 1. The van der Waals surface area contributed by atoms with Crippen molar-refractivity contribution in [3.63, 3.8) is 0 Å². The number of nitrogens with zero attached hydrogens (tertiary/aromatic N) is 3. The third kappa shape index (κ3) is 3.53. The van der Waals surface area contributed by atoms with Gasteiger partial charge in [-0.25, -0.2) is 14.1 Å². The Kier molecular flexibility index (Phi) is 4.92. The number of hydrogen-bond acceptors (Lipinski definition) is 4. The van der Waals surface area contributed by atoms with Crippen LogP contribution in [-0.4, -0.2) is 20.7 Å². The quantitative estimate of drug-likeness (QED) is 0.532. The molecule has 142 valence electrons. The van der Waals surface area contributed by atoms with Gasteiger partial charge in [-0.05, 0) is 49.1 Å². The molecule has 1 aromatic carbocycles. The zero-order valence-corrected chi connectivity index (χ0v) is 16.3. The lowest BCUT2D eigenvalue weighted by Gasteiger charge is -2.18. The highest BCUT2D eigenvalue weighted by Crippen LogP contribution is 2.27. The second-order valence-electron chi connectivity index (χ2n) is 6.79. The van der Waals surface area contributed by atoms with Gasteiger partial charge in [-0.3, -0.25) is 4.79 Å². The summed E-state index contributed by atoms with van der Waals surface area (Å²) in [6, 6.07) is 11.7. The van der Waals surface area contributed by atoms with Crippen LogP contribution < -0.4 is 5.32 Å². The van der Waals surface area contributed by atoms with Gasteiger partial charge < -0.3 is 5.32 Å². The van der Waals surface area contributed by atoms with E-state index in [1.165, 1.54) is 23.5 Å². The average molecular weight is 394 g/mol. The van der Waals surface area contributed by atoms with Gasteiger partial charge in [0.05, 0.1) is 17.8 Å². The molecule has 0 aliphatic carbocycles. The first-order valence-corrected chi connectivity index (χ1v) is 9.84. The Hall–Kier alpha value is -3.06. The van der Waals surface area contributed by atoms with E-state index < -0.39 is 0 Å². The molecule has 0 saturated heterocycles. The van der Waals surface area contributed by atoms with Crippen LogP contribution >= 0.6 is 11.3 Å². The topological polar surface area (TPSA) is 59.8 Å². The molecule has 0 aliphatic rings. The number of hydrogen-bond donors (Lipinski definition) is 1. The third-order valence-corrected chi connectivity index (χ3v) is 5.43. The number of aromatic nitrogens is 3. The third-order valence-electron chi connectivity index (χ3n) is 4.49. The van der Waals surface area contributed by atoms with Crippen LogP contribution in [0, 0.1) is 5.82 Å². The maximum Gasteiger partial charge on any atom is 0.253 e. The van der Waals surface area contributed by atoms with Crippen molar-refractivity contribution in [2.75, 3.05) is 0 Å². The van der Waals surface area contributed by atoms with Crippen molar-refractivity contribution in [3.8, 4) is 0 Å². The second kappa shape index (κ2) is 7.52. The van der Waals surface area contributed by atoms with E-state index >= 15 is 0 Å². The molecule has 0 bridgehead atoms. The molecule has 7 heteroatoms. The van der Waals surface area contributed by atoms with Crippen molar-refractivity contribution < 1.29 is 9.18 Å². The number of benzene rings is 1. The summed E-state index contributed by atoms with van der Waals surface area (Å²) in [6.07, 6.45) is 3.28. The zero-order chi connectivity index (χ0) is 19.7. The lowest BCUT2D eigenvalue weighted by molar-refractivity contribution is 0.0943. The van der Waals surface area contributed by atoms with E-state index in [9.17, 15) is 9.18 Å². The van der Waals surface area contributed by atoms with Crippen LogP contribution in [0.3, 0.4) is 0 Å². The molecule has 0 radical (unpaired) electrons. The molecule has 1 atom stereocenters. The molecule has 3 aromatic heterocycles. The maximum atomic E-state index is 13.3. The predicted octanol–water partition coefficient (Wildman–Crippen LogP) is 4.73. The molecule has 3 heterocycles. The minimum atomic E-state index is -0.359. The standard InChI is InChI=1S/C21H19FN4OS/c1-13(2)26-20-15(12-24-26)10-16(11-23-20)21(27)25-19(18-4-3-9-28-18)14-5-7-17(22)8-6-14/h3-13,19H,1-2H3,(H,25,27)/t19-/m0/s1. The summed E-state index contributed by atoms with van der Waals surface area (Å²) >= 11 is 1.54. The Morgan fingerprint density at radius 3 is 2.64 bits per heavy atom. The molecule has 0 spiro atoms. The van der Waals surface area contributed by atoms with Gasteiger partial charge in [-0.1, -0.05) is 18.2 Å². The van der Waals surface area contributed by atoms with E-state index in [0.717, 1.165) is 21.5 Å². The van der Waals surface area contributed by atoms with Gasteiger partial charge >= 0.3 is 0 Å². The van der Waals surface area contributed by atoms with Crippen LogP contribution in [0.15, 0.2) is 60.2 Å². The van der Waals surface area contributed by atoms with Crippen LogP contribution in [0.2, 0.25) is 0 Å². The molecule has 28 heavy (non-hydrogen) atoms. The summed E-state index contributed by atoms with van der Waals surface area (Å²) in [5.74, 6) is -0.550. The lowest BCUT2D eigenvalue weighted by atomic mass is 10.0. The van der Waals surface area contributed by atoms with Crippen LogP contribution in [-0.2, 0) is 0 Å². The smallest absolute Gasteiger partial charge is 0.253 e. The van der Waals surface area contributed by atoms with E-state index in [-0.39, 0.29) is 23.8 Å². The van der Waals surface area contributed by atoms with Gasteiger partial charge in [-0.2, -0.15) is 5.10 Å². The summed E-state index contributed by atoms with van der Waals surface area (Å²) in [4.78, 5) is 18.3. The number of carbonyl (C=O) groups is 1. The van der Waals surface area contributed by atoms with Crippen molar-refractivity contribution in [2.24, 2.45) is 0 Å². The van der Waals surface area contributed by atoms with E-state index in [1.54, 1.807) is 30.6 Å². The molecule has 0 saturated carbocycles. The summed E-state index contributed by atoms with van der Waals surface area (Å²) < 4.78 is 15.1. The van der Waals surface area contributed by atoms with Crippen molar-refractivity contribution >= 4 is 28.3 Å². The van der Waals surface area contributed by atoms with E-state index in [4.69, 9.17) is 0 Å². The van der Waals surface area contributed by atoms with Gasteiger partial charge in [0.25, 0.3) is 5.91 Å². The molecule has 5 nitrogen and oxygen atoms in total. The lowest BCUT2D eigenvalue weighted by Crippen LogP contribution is -2.29. The Morgan fingerprint density at radius 2 is 1.96 bits per heavy atom. The van der Waals surface area contributed by atoms with Gasteiger partial charge in [-0.15, -0.1) is 11.3 Å². The highest BCUT2D eigenvalue weighted by molar-refractivity contribution is 7.10. The Morgan fingerprint density at radius 1 is 1.18 bits per heavy atom. The fraction of sp³-hybridized carbons (Fsp3) is 0.190. The first kappa shape index (κ1) is 18.3. The SMILES string of the molecule is CC(C)n1ncc2cc(C(=O)N[C@@H](c3ccc(F)cc3)c3cccs3)cnc21. The monoisotopic (exact) mass is 394 g/mol. The van der Waals surface area contributed by atoms with Gasteiger partial charge in [0.15, 0.2) is 5.65 Å².